The van der Waals surface area contributed by atoms with Crippen LogP contribution in [-0.4, -0.2) is 48.9 Å². The fourth-order valence-electron chi connectivity index (χ4n) is 5.25. The van der Waals surface area contributed by atoms with E-state index in [-0.39, 0.29) is 11.7 Å². The number of para-hydroxylation sites is 1. The van der Waals surface area contributed by atoms with Crippen molar-refractivity contribution in [3.63, 3.8) is 0 Å². The molecule has 4 aromatic carbocycles. The zero-order chi connectivity index (χ0) is 32.8. The summed E-state index contributed by atoms with van der Waals surface area (Å²) in [5.41, 5.74) is 3.61. The Hall–Kier alpha value is -5.21. The van der Waals surface area contributed by atoms with Gasteiger partial charge in [-0.3, -0.25) is 9.59 Å². The molecule has 1 amide bonds. The average molecular weight is 647 g/mol. The molecule has 5 aromatic rings. The first-order valence-corrected chi connectivity index (χ1v) is 16.5. The number of carbonyl (C=O) groups is 3. The summed E-state index contributed by atoms with van der Waals surface area (Å²) in [4.78, 5) is 42.1. The molecule has 0 aliphatic rings. The lowest BCUT2D eigenvalue weighted by molar-refractivity contribution is -0.141. The van der Waals surface area contributed by atoms with Crippen LogP contribution in [0.25, 0.3) is 0 Å². The van der Waals surface area contributed by atoms with E-state index in [0.29, 0.717) is 61.5 Å². The second-order valence-electron chi connectivity index (χ2n) is 11.1. The Balaban J connectivity index is 1.17. The highest BCUT2D eigenvalue weighted by molar-refractivity contribution is 7.10. The van der Waals surface area contributed by atoms with E-state index in [1.807, 2.05) is 101 Å². The van der Waals surface area contributed by atoms with Gasteiger partial charge in [-0.1, -0.05) is 91.0 Å². The van der Waals surface area contributed by atoms with Gasteiger partial charge in [-0.15, -0.1) is 11.3 Å². The van der Waals surface area contributed by atoms with Gasteiger partial charge in [0.2, 0.25) is 5.91 Å². The molecule has 1 N–H and O–H groups in total. The van der Waals surface area contributed by atoms with Crippen LogP contribution >= 0.6 is 11.3 Å². The lowest BCUT2D eigenvalue weighted by atomic mass is 10.00. The number of amides is 1. The van der Waals surface area contributed by atoms with Crippen molar-refractivity contribution in [2.75, 3.05) is 25.6 Å². The maximum absolute atomic E-state index is 13.2. The Morgan fingerprint density at radius 1 is 0.787 bits per heavy atom. The molecule has 1 aromatic heterocycles. The van der Waals surface area contributed by atoms with E-state index in [9.17, 15) is 14.4 Å². The van der Waals surface area contributed by atoms with E-state index in [0.717, 1.165) is 16.0 Å². The summed E-state index contributed by atoms with van der Waals surface area (Å²) in [6, 6.07) is 37.1. The minimum absolute atomic E-state index is 0.0986. The SMILES string of the molecule is COC(=O)C(Cc1ccc(OCCCN(Cc2ccccc2)C(=O)Cc2cccs2)cc1)Nc1ccccc1C(=O)c1ccccc1. The van der Waals surface area contributed by atoms with E-state index in [2.05, 4.69) is 5.32 Å². The van der Waals surface area contributed by atoms with Gasteiger partial charge in [0.25, 0.3) is 0 Å². The quantitative estimate of drug-likeness (QED) is 0.0693. The fourth-order valence-corrected chi connectivity index (χ4v) is 5.94. The molecule has 0 saturated carbocycles. The number of benzene rings is 4. The minimum Gasteiger partial charge on any atom is -0.494 e. The van der Waals surface area contributed by atoms with Crippen LogP contribution in [0.5, 0.6) is 5.75 Å². The minimum atomic E-state index is -0.709. The van der Waals surface area contributed by atoms with Crippen molar-refractivity contribution in [3.8, 4) is 5.75 Å². The summed E-state index contributed by atoms with van der Waals surface area (Å²) in [5.74, 6) is 0.242. The van der Waals surface area contributed by atoms with Crippen LogP contribution in [0, 0.1) is 0 Å². The van der Waals surface area contributed by atoms with Gasteiger partial charge in [-0.2, -0.15) is 0 Å². The number of hydrogen-bond donors (Lipinski definition) is 1. The van der Waals surface area contributed by atoms with E-state index < -0.39 is 12.0 Å². The first-order chi connectivity index (χ1) is 23.0. The number of thiophene rings is 1. The Morgan fingerprint density at radius 3 is 2.19 bits per heavy atom. The number of ether oxygens (including phenoxy) is 2. The third kappa shape index (κ3) is 9.64. The Labute approximate surface area is 279 Å². The van der Waals surface area contributed by atoms with Crippen LogP contribution in [-0.2, 0) is 33.7 Å². The van der Waals surface area contributed by atoms with E-state index >= 15 is 0 Å². The summed E-state index contributed by atoms with van der Waals surface area (Å²) in [6.07, 6.45) is 1.42. The topological polar surface area (TPSA) is 84.9 Å². The van der Waals surface area contributed by atoms with Crippen LogP contribution in [0.2, 0.25) is 0 Å². The molecule has 0 bridgehead atoms. The number of esters is 1. The van der Waals surface area contributed by atoms with Crippen molar-refractivity contribution in [1.82, 2.24) is 4.90 Å². The Kier molecular flexibility index (Phi) is 11.9. The molecule has 240 valence electrons. The monoisotopic (exact) mass is 646 g/mol. The highest BCUT2D eigenvalue weighted by Gasteiger charge is 2.23. The first-order valence-electron chi connectivity index (χ1n) is 15.6. The van der Waals surface area contributed by atoms with Gasteiger partial charge in [0, 0.05) is 41.2 Å². The average Bonchev–Trinajstić information content (AvgIpc) is 3.63. The maximum atomic E-state index is 13.2. The normalized spacial score (nSPS) is 11.3. The van der Waals surface area contributed by atoms with E-state index in [1.54, 1.807) is 41.7 Å². The lowest BCUT2D eigenvalue weighted by Crippen LogP contribution is -2.33. The van der Waals surface area contributed by atoms with Gasteiger partial charge in [0.1, 0.15) is 11.8 Å². The molecule has 47 heavy (non-hydrogen) atoms. The largest absolute Gasteiger partial charge is 0.494 e. The zero-order valence-corrected chi connectivity index (χ0v) is 27.2. The number of carbonyl (C=O) groups excluding carboxylic acids is 3. The van der Waals surface area contributed by atoms with Crippen molar-refractivity contribution < 1.29 is 23.9 Å². The molecule has 5 rings (SSSR count). The Morgan fingerprint density at radius 2 is 1.49 bits per heavy atom. The molecule has 8 heteroatoms. The standard InChI is InChI=1S/C39H38N2O5S/c1-45-39(44)36(40-35-18-9-8-17-34(35)38(43)31-14-6-3-7-15-31)26-29-19-21-32(22-20-29)46-24-11-23-41(28-30-12-4-2-5-13-30)37(42)27-33-16-10-25-47-33/h2-10,12-22,25,36,40H,11,23-24,26-28H2,1H3. The molecule has 0 saturated heterocycles. The molecule has 0 radical (unpaired) electrons. The Bertz CT molecular complexity index is 1720. The van der Waals surface area contributed by atoms with E-state index in [1.165, 1.54) is 7.11 Å². The number of hydrogen-bond acceptors (Lipinski definition) is 7. The number of methoxy groups -OCH3 is 1. The second kappa shape index (κ2) is 16.9. The predicted molar refractivity (Wildman–Crippen MR) is 186 cm³/mol. The highest BCUT2D eigenvalue weighted by Crippen LogP contribution is 2.22. The van der Waals surface area contributed by atoms with Crippen LogP contribution < -0.4 is 10.1 Å². The summed E-state index contributed by atoms with van der Waals surface area (Å²) in [6.45, 7) is 1.59. The number of rotatable bonds is 16. The third-order valence-corrected chi connectivity index (χ3v) is 8.58. The summed E-state index contributed by atoms with van der Waals surface area (Å²) < 4.78 is 11.1. The van der Waals surface area contributed by atoms with Gasteiger partial charge in [-0.05, 0) is 53.3 Å². The van der Waals surface area contributed by atoms with Gasteiger partial charge < -0.3 is 19.7 Å². The van der Waals surface area contributed by atoms with Crippen molar-refractivity contribution >= 4 is 34.7 Å². The molecule has 0 aliphatic heterocycles. The summed E-state index contributed by atoms with van der Waals surface area (Å²) >= 11 is 1.59. The number of anilines is 1. The number of nitrogens with zero attached hydrogens (tertiary/aromatic N) is 1. The molecule has 1 heterocycles. The first kappa shape index (κ1) is 33.2. The second-order valence-corrected chi connectivity index (χ2v) is 12.1. The van der Waals surface area contributed by atoms with Crippen molar-refractivity contribution in [1.29, 1.82) is 0 Å². The molecular weight excluding hydrogens is 609 g/mol. The van der Waals surface area contributed by atoms with Crippen LogP contribution in [0.1, 0.15) is 38.3 Å². The molecule has 0 fully saturated rings. The molecule has 7 nitrogen and oxygen atoms in total. The summed E-state index contributed by atoms with van der Waals surface area (Å²) in [7, 11) is 1.35. The number of ketones is 1. The van der Waals surface area contributed by atoms with Crippen LogP contribution in [0.3, 0.4) is 0 Å². The van der Waals surface area contributed by atoms with Gasteiger partial charge in [-0.25, -0.2) is 4.79 Å². The molecule has 1 atom stereocenters. The van der Waals surface area contributed by atoms with Gasteiger partial charge in [0.15, 0.2) is 5.78 Å². The highest BCUT2D eigenvalue weighted by atomic mass is 32.1. The smallest absolute Gasteiger partial charge is 0.328 e. The zero-order valence-electron chi connectivity index (χ0n) is 26.3. The molecule has 1 unspecified atom stereocenters. The van der Waals surface area contributed by atoms with Crippen LogP contribution in [0.15, 0.2) is 127 Å². The molecule has 0 aliphatic carbocycles. The number of nitrogens with one attached hydrogen (secondary N) is 1. The molecule has 0 spiro atoms. The maximum Gasteiger partial charge on any atom is 0.328 e. The van der Waals surface area contributed by atoms with Crippen molar-refractivity contribution in [3.05, 3.63) is 154 Å². The van der Waals surface area contributed by atoms with Crippen molar-refractivity contribution in [2.24, 2.45) is 0 Å². The van der Waals surface area contributed by atoms with Gasteiger partial charge in [0.05, 0.1) is 20.1 Å². The third-order valence-electron chi connectivity index (χ3n) is 7.70. The predicted octanol–water partition coefficient (Wildman–Crippen LogP) is 7.22. The van der Waals surface area contributed by atoms with Crippen molar-refractivity contribution in [2.45, 2.75) is 31.8 Å². The van der Waals surface area contributed by atoms with E-state index in [4.69, 9.17) is 9.47 Å². The lowest BCUT2D eigenvalue weighted by Gasteiger charge is -2.23. The van der Waals surface area contributed by atoms with Crippen LogP contribution in [0.4, 0.5) is 5.69 Å². The summed E-state index contributed by atoms with van der Waals surface area (Å²) in [5, 5.41) is 5.24. The fraction of sp³-hybridized carbons (Fsp3) is 0.205. The molecular formula is C39H38N2O5S. The van der Waals surface area contributed by atoms with Gasteiger partial charge >= 0.3 is 5.97 Å².